The zero-order chi connectivity index (χ0) is 13.4. The zero-order valence-electron chi connectivity index (χ0n) is 11.1. The van der Waals surface area contributed by atoms with Gasteiger partial charge in [0, 0.05) is 4.92 Å². The third-order valence-corrected chi connectivity index (χ3v) is 4.18. The normalized spacial score (nSPS) is 12.3. The van der Waals surface area contributed by atoms with Gasteiger partial charge in [0.25, 0.3) is 0 Å². The maximum Gasteiger partial charge on any atom is 0.219 e. The quantitative estimate of drug-likeness (QED) is 0.402. The zero-order valence-corrected chi connectivity index (χ0v) is 11.9. The van der Waals surface area contributed by atoms with E-state index in [1.54, 1.807) is 11.8 Å². The molecule has 0 N–H and O–H groups in total. The van der Waals surface area contributed by atoms with E-state index in [-0.39, 0.29) is 16.7 Å². The minimum atomic E-state index is -0.211. The van der Waals surface area contributed by atoms with Gasteiger partial charge in [0.15, 0.2) is 0 Å². The molecule has 1 atom stereocenters. The summed E-state index contributed by atoms with van der Waals surface area (Å²) in [4.78, 5) is 10.5. The summed E-state index contributed by atoms with van der Waals surface area (Å²) in [6.45, 7) is 4.21. The summed E-state index contributed by atoms with van der Waals surface area (Å²) in [6, 6.07) is 8.07. The molecule has 1 aromatic carbocycles. The molecule has 0 aromatic heterocycles. The summed E-state index contributed by atoms with van der Waals surface area (Å²) in [5.74, 6) is 1.00. The number of nitro groups is 1. The minimum absolute atomic E-state index is 0.0137. The Labute approximate surface area is 113 Å². The second-order valence-electron chi connectivity index (χ2n) is 4.49. The summed E-state index contributed by atoms with van der Waals surface area (Å²) in [5, 5.41) is 10.7. The molecule has 0 aliphatic carbocycles. The molecule has 0 fully saturated rings. The predicted molar refractivity (Wildman–Crippen MR) is 77.8 cm³/mol. The molecule has 0 radical (unpaired) electrons. The van der Waals surface area contributed by atoms with Gasteiger partial charge in [-0.05, 0) is 24.7 Å². The van der Waals surface area contributed by atoms with E-state index in [2.05, 4.69) is 6.92 Å². The minimum Gasteiger partial charge on any atom is -0.264 e. The van der Waals surface area contributed by atoms with Crippen LogP contribution in [0.5, 0.6) is 0 Å². The molecule has 0 saturated heterocycles. The van der Waals surface area contributed by atoms with E-state index < -0.39 is 0 Å². The molecule has 3 nitrogen and oxygen atoms in total. The lowest BCUT2D eigenvalue weighted by Crippen LogP contribution is -2.10. The topological polar surface area (TPSA) is 43.1 Å². The van der Waals surface area contributed by atoms with Crippen LogP contribution in [0.3, 0.4) is 0 Å². The predicted octanol–water partition coefficient (Wildman–Crippen LogP) is 4.24. The van der Waals surface area contributed by atoms with Crippen molar-refractivity contribution >= 4 is 11.8 Å². The highest BCUT2D eigenvalue weighted by molar-refractivity contribution is 7.99. The van der Waals surface area contributed by atoms with Gasteiger partial charge in [0.1, 0.15) is 0 Å². The maximum atomic E-state index is 10.7. The molecular weight excluding hydrogens is 246 g/mol. The molecule has 1 unspecified atom stereocenters. The van der Waals surface area contributed by atoms with Gasteiger partial charge < -0.3 is 0 Å². The van der Waals surface area contributed by atoms with Crippen LogP contribution in [0.25, 0.3) is 0 Å². The molecule has 0 bridgehead atoms. The van der Waals surface area contributed by atoms with Crippen LogP contribution in [0.15, 0.2) is 24.3 Å². The average molecular weight is 267 g/mol. The second kappa shape index (κ2) is 8.14. The third-order valence-electron chi connectivity index (χ3n) is 2.83. The van der Waals surface area contributed by atoms with E-state index >= 15 is 0 Å². The fourth-order valence-corrected chi connectivity index (χ4v) is 2.98. The summed E-state index contributed by atoms with van der Waals surface area (Å²) in [7, 11) is 0. The van der Waals surface area contributed by atoms with Crippen molar-refractivity contribution in [2.45, 2.75) is 38.4 Å². The lowest BCUT2D eigenvalue weighted by molar-refractivity contribution is -0.479. The largest absolute Gasteiger partial charge is 0.264 e. The van der Waals surface area contributed by atoms with Crippen molar-refractivity contribution in [1.29, 1.82) is 0 Å². The number of thioether (sulfide) groups is 1. The first-order valence-corrected chi connectivity index (χ1v) is 7.48. The van der Waals surface area contributed by atoms with E-state index in [0.717, 1.165) is 17.7 Å². The molecular formula is C14H21NO2S. The van der Waals surface area contributed by atoms with Crippen LogP contribution in [0.1, 0.15) is 42.6 Å². The second-order valence-corrected chi connectivity index (χ2v) is 5.80. The van der Waals surface area contributed by atoms with E-state index in [4.69, 9.17) is 0 Å². The fourth-order valence-electron chi connectivity index (χ4n) is 1.75. The molecule has 0 spiro atoms. The Kier molecular flexibility index (Phi) is 6.80. The van der Waals surface area contributed by atoms with Crippen molar-refractivity contribution in [2.24, 2.45) is 0 Å². The first-order valence-electron chi connectivity index (χ1n) is 6.43. The molecule has 100 valence electrons. The molecule has 4 heteroatoms. The third kappa shape index (κ3) is 5.54. The van der Waals surface area contributed by atoms with Crippen molar-refractivity contribution in [1.82, 2.24) is 0 Å². The standard InChI is InChI=1S/C14H21NO2S/c1-3-4-5-10-18-14(11-15(16)17)13-8-6-12(2)7-9-13/h6-9,14H,3-5,10-11H2,1-2H3. The molecule has 0 aliphatic rings. The molecule has 0 heterocycles. The lowest BCUT2D eigenvalue weighted by Gasteiger charge is -2.13. The van der Waals surface area contributed by atoms with E-state index in [9.17, 15) is 10.1 Å². The Balaban J connectivity index is 2.59. The van der Waals surface area contributed by atoms with Crippen LogP contribution in [-0.4, -0.2) is 17.2 Å². The highest BCUT2D eigenvalue weighted by atomic mass is 32.2. The maximum absolute atomic E-state index is 10.7. The van der Waals surface area contributed by atoms with Gasteiger partial charge >= 0.3 is 0 Å². The van der Waals surface area contributed by atoms with E-state index in [1.165, 1.54) is 18.4 Å². The first-order chi connectivity index (χ1) is 8.63. The number of hydrogen-bond acceptors (Lipinski definition) is 3. The van der Waals surface area contributed by atoms with E-state index in [0.29, 0.717) is 0 Å². The van der Waals surface area contributed by atoms with Crippen LogP contribution in [0.2, 0.25) is 0 Å². The van der Waals surface area contributed by atoms with Crippen molar-refractivity contribution in [3.63, 3.8) is 0 Å². The van der Waals surface area contributed by atoms with E-state index in [1.807, 2.05) is 31.2 Å². The van der Waals surface area contributed by atoms with Gasteiger partial charge in [-0.1, -0.05) is 49.6 Å². The van der Waals surface area contributed by atoms with Gasteiger partial charge in [0.05, 0.1) is 5.25 Å². The summed E-state index contributed by atoms with van der Waals surface area (Å²) >= 11 is 1.71. The van der Waals surface area contributed by atoms with Gasteiger partial charge in [-0.2, -0.15) is 0 Å². The highest BCUT2D eigenvalue weighted by Gasteiger charge is 2.17. The molecule has 0 amide bonds. The molecule has 1 aromatic rings. The Morgan fingerprint density at radius 2 is 1.94 bits per heavy atom. The van der Waals surface area contributed by atoms with Gasteiger partial charge in [0.2, 0.25) is 6.54 Å². The fraction of sp³-hybridized carbons (Fsp3) is 0.571. The molecule has 0 saturated carbocycles. The van der Waals surface area contributed by atoms with Crippen LogP contribution < -0.4 is 0 Å². The van der Waals surface area contributed by atoms with Gasteiger partial charge in [-0.15, -0.1) is 11.8 Å². The van der Waals surface area contributed by atoms with Crippen molar-refractivity contribution in [2.75, 3.05) is 12.3 Å². The molecule has 0 aliphatic heterocycles. The number of benzene rings is 1. The smallest absolute Gasteiger partial charge is 0.219 e. The number of aryl methyl sites for hydroxylation is 1. The monoisotopic (exact) mass is 267 g/mol. The molecule has 18 heavy (non-hydrogen) atoms. The van der Waals surface area contributed by atoms with Crippen molar-refractivity contribution in [3.05, 3.63) is 45.5 Å². The van der Waals surface area contributed by atoms with Crippen LogP contribution >= 0.6 is 11.8 Å². The summed E-state index contributed by atoms with van der Waals surface area (Å²) < 4.78 is 0. The van der Waals surface area contributed by atoms with Crippen molar-refractivity contribution < 1.29 is 4.92 Å². The summed E-state index contributed by atoms with van der Waals surface area (Å²) in [5.41, 5.74) is 2.26. The Morgan fingerprint density at radius 3 is 2.50 bits per heavy atom. The van der Waals surface area contributed by atoms with Gasteiger partial charge in [-0.3, -0.25) is 10.1 Å². The SMILES string of the molecule is CCCCCSC(C[N+](=O)[O-])c1ccc(C)cc1. The lowest BCUT2D eigenvalue weighted by atomic mass is 10.1. The Hall–Kier alpha value is -1.03. The number of nitrogens with zero attached hydrogens (tertiary/aromatic N) is 1. The summed E-state index contributed by atoms with van der Waals surface area (Å²) in [6.07, 6.45) is 3.53. The highest BCUT2D eigenvalue weighted by Crippen LogP contribution is 2.30. The Morgan fingerprint density at radius 1 is 1.28 bits per heavy atom. The molecule has 1 rings (SSSR count). The van der Waals surface area contributed by atoms with Crippen molar-refractivity contribution in [3.8, 4) is 0 Å². The number of unbranched alkanes of at least 4 members (excludes halogenated alkanes) is 2. The van der Waals surface area contributed by atoms with Crippen LogP contribution in [0.4, 0.5) is 0 Å². The first kappa shape index (κ1) is 15.0. The average Bonchev–Trinajstić information content (AvgIpc) is 2.34. The number of hydrogen-bond donors (Lipinski definition) is 0. The van der Waals surface area contributed by atoms with Crippen LogP contribution in [-0.2, 0) is 0 Å². The van der Waals surface area contributed by atoms with Crippen LogP contribution in [0, 0.1) is 17.0 Å². The Bertz CT molecular complexity index is 365. The number of rotatable bonds is 8. The van der Waals surface area contributed by atoms with Gasteiger partial charge in [-0.25, -0.2) is 0 Å².